The quantitative estimate of drug-likeness (QED) is 0.423. The second kappa shape index (κ2) is 8.44. The zero-order valence-corrected chi connectivity index (χ0v) is 17.0. The van der Waals surface area contributed by atoms with Crippen LogP contribution in [0.2, 0.25) is 0 Å². The van der Waals surface area contributed by atoms with Crippen LogP contribution in [-0.2, 0) is 4.79 Å². The number of carbonyl (C=O) groups is 1. The Bertz CT molecular complexity index is 589. The van der Waals surface area contributed by atoms with Gasteiger partial charge in [0.15, 0.2) is 9.45 Å². The van der Waals surface area contributed by atoms with Crippen LogP contribution in [0.5, 0.6) is 0 Å². The van der Waals surface area contributed by atoms with Crippen molar-refractivity contribution in [2.75, 3.05) is 17.6 Å². The number of thioether (sulfide) groups is 1. The summed E-state index contributed by atoms with van der Waals surface area (Å²) in [6.07, 6.45) is 2.24. The Morgan fingerprint density at radius 1 is 1.54 bits per heavy atom. The van der Waals surface area contributed by atoms with Crippen molar-refractivity contribution in [3.05, 3.63) is 0 Å². The van der Waals surface area contributed by atoms with E-state index >= 15 is 0 Å². The van der Waals surface area contributed by atoms with Gasteiger partial charge in [-0.25, -0.2) is 0 Å². The summed E-state index contributed by atoms with van der Waals surface area (Å²) in [6.45, 7) is 9.35. The fourth-order valence-electron chi connectivity index (χ4n) is 2.82. The van der Waals surface area contributed by atoms with Crippen molar-refractivity contribution < 1.29 is 4.79 Å². The van der Waals surface area contributed by atoms with Gasteiger partial charge in [-0.2, -0.15) is 0 Å². The summed E-state index contributed by atoms with van der Waals surface area (Å²) < 4.78 is 0.883. The van der Waals surface area contributed by atoms with Gasteiger partial charge in [-0.1, -0.05) is 30.0 Å². The number of amides is 1. The molecule has 9 heteroatoms. The van der Waals surface area contributed by atoms with E-state index in [1.54, 1.807) is 11.8 Å². The highest BCUT2D eigenvalue weighted by molar-refractivity contribution is 8.01. The number of thiocarbonyl (C=S) groups is 1. The molecular weight excluding hydrogens is 362 g/mol. The Labute approximate surface area is 157 Å². The van der Waals surface area contributed by atoms with Crippen LogP contribution in [0.15, 0.2) is 4.34 Å². The third-order valence-electron chi connectivity index (χ3n) is 3.77. The van der Waals surface area contributed by atoms with Crippen molar-refractivity contribution in [2.24, 2.45) is 0 Å². The molecule has 0 aliphatic carbocycles. The first-order valence-corrected chi connectivity index (χ1v) is 10.4. The molecule has 2 heterocycles. The van der Waals surface area contributed by atoms with E-state index in [-0.39, 0.29) is 11.4 Å². The number of hydrogen-bond donors (Lipinski definition) is 2. The summed E-state index contributed by atoms with van der Waals surface area (Å²) >= 11 is 8.50. The summed E-state index contributed by atoms with van der Waals surface area (Å²) in [6, 6.07) is 0.383. The lowest BCUT2D eigenvalue weighted by atomic mass is 9.93. The summed E-state index contributed by atoms with van der Waals surface area (Å²) in [5.41, 5.74) is 0.0381. The van der Waals surface area contributed by atoms with E-state index < -0.39 is 0 Å². The molecule has 24 heavy (non-hydrogen) atoms. The molecule has 1 amide bonds. The first-order valence-electron chi connectivity index (χ1n) is 8.15. The lowest BCUT2D eigenvalue weighted by Gasteiger charge is -2.44. The van der Waals surface area contributed by atoms with E-state index in [1.165, 1.54) is 11.3 Å². The van der Waals surface area contributed by atoms with Crippen molar-refractivity contribution in [1.82, 2.24) is 20.4 Å². The van der Waals surface area contributed by atoms with E-state index in [1.807, 2.05) is 0 Å². The molecule has 1 aromatic rings. The first kappa shape index (κ1) is 19.4. The maximum absolute atomic E-state index is 12.0. The van der Waals surface area contributed by atoms with Crippen LogP contribution in [0, 0.1) is 0 Å². The van der Waals surface area contributed by atoms with Crippen LogP contribution in [0.4, 0.5) is 5.13 Å². The number of anilines is 1. The number of hydrogen-bond acceptors (Lipinski definition) is 6. The SMILES string of the molecule is CCSc1nnc(NC(=O)CCCN2C(=S)NC(C)(C)C[C@@H]2C)s1. The molecular formula is C15H25N5OS3. The van der Waals surface area contributed by atoms with Crippen LogP contribution >= 0.6 is 35.3 Å². The maximum Gasteiger partial charge on any atom is 0.226 e. The van der Waals surface area contributed by atoms with Crippen molar-refractivity contribution in [2.45, 2.75) is 62.9 Å². The van der Waals surface area contributed by atoms with E-state index in [0.717, 1.165) is 34.6 Å². The smallest absolute Gasteiger partial charge is 0.226 e. The fraction of sp³-hybridized carbons (Fsp3) is 0.733. The average molecular weight is 388 g/mol. The fourth-order valence-corrected chi connectivity index (χ4v) is 5.03. The van der Waals surface area contributed by atoms with E-state index in [9.17, 15) is 4.79 Å². The summed E-state index contributed by atoms with van der Waals surface area (Å²) in [5, 5.41) is 15.6. The van der Waals surface area contributed by atoms with Crippen molar-refractivity contribution in [1.29, 1.82) is 0 Å². The van der Waals surface area contributed by atoms with E-state index in [0.29, 0.717) is 17.6 Å². The number of carbonyl (C=O) groups excluding carboxylic acids is 1. The molecule has 1 atom stereocenters. The van der Waals surface area contributed by atoms with Gasteiger partial charge in [0.25, 0.3) is 0 Å². The molecule has 0 aromatic carbocycles. The Morgan fingerprint density at radius 3 is 2.96 bits per heavy atom. The lowest BCUT2D eigenvalue weighted by molar-refractivity contribution is -0.116. The predicted molar refractivity (Wildman–Crippen MR) is 105 cm³/mol. The topological polar surface area (TPSA) is 70.2 Å². The molecule has 2 rings (SSSR count). The largest absolute Gasteiger partial charge is 0.358 e. The minimum atomic E-state index is -0.0249. The van der Waals surface area contributed by atoms with Gasteiger partial charge in [0.1, 0.15) is 0 Å². The predicted octanol–water partition coefficient (Wildman–Crippen LogP) is 3.12. The second-order valence-corrected chi connectivity index (χ2v) is 9.39. The summed E-state index contributed by atoms with van der Waals surface area (Å²) in [7, 11) is 0. The van der Waals surface area contributed by atoms with E-state index in [4.69, 9.17) is 12.2 Å². The van der Waals surface area contributed by atoms with Gasteiger partial charge in [0.2, 0.25) is 11.0 Å². The van der Waals surface area contributed by atoms with Crippen LogP contribution in [0.1, 0.15) is 47.0 Å². The van der Waals surface area contributed by atoms with Crippen molar-refractivity contribution in [3.8, 4) is 0 Å². The summed E-state index contributed by atoms with van der Waals surface area (Å²) in [5.74, 6) is 0.921. The highest BCUT2D eigenvalue weighted by atomic mass is 32.2. The maximum atomic E-state index is 12.0. The van der Waals surface area contributed by atoms with Crippen molar-refractivity contribution >= 4 is 51.5 Å². The molecule has 1 aliphatic rings. The zero-order valence-electron chi connectivity index (χ0n) is 14.6. The van der Waals surface area contributed by atoms with Gasteiger partial charge >= 0.3 is 0 Å². The summed E-state index contributed by atoms with van der Waals surface area (Å²) in [4.78, 5) is 14.2. The molecule has 1 aliphatic heterocycles. The van der Waals surface area contributed by atoms with E-state index in [2.05, 4.69) is 53.4 Å². The van der Waals surface area contributed by atoms with Gasteiger partial charge in [0, 0.05) is 24.5 Å². The Hall–Kier alpha value is -0.930. The molecule has 1 fully saturated rings. The molecule has 0 radical (unpaired) electrons. The first-order chi connectivity index (χ1) is 11.3. The highest BCUT2D eigenvalue weighted by Crippen LogP contribution is 2.25. The second-order valence-electron chi connectivity index (χ2n) is 6.52. The molecule has 1 saturated heterocycles. The molecule has 6 nitrogen and oxygen atoms in total. The van der Waals surface area contributed by atoms with Crippen LogP contribution < -0.4 is 10.6 Å². The molecule has 0 bridgehead atoms. The number of nitrogens with one attached hydrogen (secondary N) is 2. The zero-order chi connectivity index (χ0) is 17.7. The Balaban J connectivity index is 1.75. The van der Waals surface area contributed by atoms with Crippen LogP contribution in [0.3, 0.4) is 0 Å². The molecule has 0 unspecified atom stereocenters. The molecule has 2 N–H and O–H groups in total. The van der Waals surface area contributed by atoms with Gasteiger partial charge in [-0.05, 0) is 51.6 Å². The number of aromatic nitrogens is 2. The Kier molecular flexibility index (Phi) is 6.82. The van der Waals surface area contributed by atoms with Crippen LogP contribution in [-0.4, -0.2) is 50.0 Å². The van der Waals surface area contributed by atoms with Crippen molar-refractivity contribution in [3.63, 3.8) is 0 Å². The minimum Gasteiger partial charge on any atom is -0.358 e. The third-order valence-corrected chi connectivity index (χ3v) is 5.96. The van der Waals surface area contributed by atoms with Gasteiger partial charge in [-0.3, -0.25) is 4.79 Å². The molecule has 134 valence electrons. The molecule has 0 saturated carbocycles. The molecule has 1 aromatic heterocycles. The minimum absolute atomic E-state index is 0.0249. The Morgan fingerprint density at radius 2 is 2.29 bits per heavy atom. The third kappa shape index (κ3) is 5.56. The van der Waals surface area contributed by atoms with Crippen LogP contribution in [0.25, 0.3) is 0 Å². The molecule has 0 spiro atoms. The van der Waals surface area contributed by atoms with Gasteiger partial charge < -0.3 is 15.5 Å². The number of rotatable bonds is 7. The van der Waals surface area contributed by atoms with Gasteiger partial charge in [-0.15, -0.1) is 10.2 Å². The monoisotopic (exact) mass is 387 g/mol. The average Bonchev–Trinajstić information content (AvgIpc) is 2.88. The normalized spacial score (nSPS) is 19.9. The number of nitrogens with zero attached hydrogens (tertiary/aromatic N) is 3. The standard InChI is InChI=1S/C15H25N5OS3/c1-5-23-14-19-18-12(24-14)16-11(21)7-6-8-20-10(2)9-15(3,4)17-13(20)22/h10H,5-9H2,1-4H3,(H,17,22)(H,16,18,21)/t10-/m0/s1. The highest BCUT2D eigenvalue weighted by Gasteiger charge is 2.32. The van der Waals surface area contributed by atoms with Gasteiger partial charge in [0.05, 0.1) is 0 Å². The lowest BCUT2D eigenvalue weighted by Crippen LogP contribution is -2.60.